The van der Waals surface area contributed by atoms with Crippen LogP contribution in [0.5, 0.6) is 5.75 Å². The molecular weight excluding hydrogens is 450 g/mol. The number of aromatic hydroxyl groups is 1. The second kappa shape index (κ2) is 10.7. The number of esters is 1. The number of hydrogen-bond acceptors (Lipinski definition) is 8. The van der Waals surface area contributed by atoms with Crippen LogP contribution in [-0.2, 0) is 17.0 Å². The number of nitriles is 1. The molecule has 0 aliphatic rings. The molecule has 0 fully saturated rings. The van der Waals surface area contributed by atoms with E-state index in [1.165, 1.54) is 11.8 Å². The number of carbonyl (C=O) groups is 1. The first-order valence-electron chi connectivity index (χ1n) is 9.86. The minimum Gasteiger partial charge on any atom is -0.508 e. The van der Waals surface area contributed by atoms with Crippen molar-refractivity contribution in [1.82, 2.24) is 9.88 Å². The number of rotatable bonds is 7. The van der Waals surface area contributed by atoms with Crippen molar-refractivity contribution in [1.29, 1.82) is 5.26 Å². The maximum atomic E-state index is 12.9. The largest absolute Gasteiger partial charge is 0.508 e. The summed E-state index contributed by atoms with van der Waals surface area (Å²) in [5, 5.41) is 21.1. The van der Waals surface area contributed by atoms with Crippen molar-refractivity contribution < 1.29 is 19.1 Å². The Morgan fingerprint density at radius 3 is 2.69 bits per heavy atom. The van der Waals surface area contributed by atoms with Crippen molar-refractivity contribution in [3.8, 4) is 11.8 Å². The lowest BCUT2D eigenvalue weighted by Gasteiger charge is -2.13. The minimum atomic E-state index is -0.503. The molecule has 2 heterocycles. The van der Waals surface area contributed by atoms with Crippen molar-refractivity contribution in [2.45, 2.75) is 38.1 Å². The van der Waals surface area contributed by atoms with E-state index in [-0.39, 0.29) is 30.5 Å². The summed E-state index contributed by atoms with van der Waals surface area (Å²) in [6.07, 6.45) is 0. The van der Waals surface area contributed by atoms with Gasteiger partial charge in [0.1, 0.15) is 33.8 Å². The number of fused-ring (bicyclic) bond motifs is 1. The number of furan rings is 1. The molecule has 170 valence electrons. The number of benzene rings is 1. The normalized spacial score (nSPS) is 10.8. The SMILES string of the molecule is CCOC(=O)c1c(CSc2nc(C)cc(C)c2C#N)oc2ccc(O)c(CN(C)C)c12.Cl. The van der Waals surface area contributed by atoms with E-state index in [0.717, 1.165) is 11.3 Å². The average Bonchev–Trinajstić information content (AvgIpc) is 3.07. The van der Waals surface area contributed by atoms with Crippen LogP contribution in [0.4, 0.5) is 0 Å². The summed E-state index contributed by atoms with van der Waals surface area (Å²) >= 11 is 1.33. The third kappa shape index (κ3) is 5.18. The summed E-state index contributed by atoms with van der Waals surface area (Å²) in [4.78, 5) is 19.3. The van der Waals surface area contributed by atoms with E-state index >= 15 is 0 Å². The number of phenolic OH excluding ortho intramolecular Hbond substituents is 1. The van der Waals surface area contributed by atoms with Crippen LogP contribution in [0.1, 0.15) is 45.4 Å². The Labute approximate surface area is 197 Å². The van der Waals surface area contributed by atoms with E-state index < -0.39 is 5.97 Å². The van der Waals surface area contributed by atoms with Gasteiger partial charge in [-0.2, -0.15) is 5.26 Å². The molecule has 7 nitrogen and oxygen atoms in total. The van der Waals surface area contributed by atoms with Crippen LogP contribution >= 0.6 is 24.2 Å². The number of nitrogens with zero attached hydrogens (tertiary/aromatic N) is 3. The van der Waals surface area contributed by atoms with Crippen LogP contribution < -0.4 is 0 Å². The third-order valence-electron chi connectivity index (χ3n) is 4.73. The van der Waals surface area contributed by atoms with E-state index in [9.17, 15) is 15.2 Å². The fourth-order valence-corrected chi connectivity index (χ4v) is 4.50. The van der Waals surface area contributed by atoms with Crippen LogP contribution in [0.25, 0.3) is 11.0 Å². The van der Waals surface area contributed by atoms with E-state index in [1.807, 2.05) is 38.9 Å². The van der Waals surface area contributed by atoms with E-state index in [1.54, 1.807) is 19.1 Å². The highest BCUT2D eigenvalue weighted by molar-refractivity contribution is 7.98. The first-order valence-corrected chi connectivity index (χ1v) is 10.8. The zero-order valence-corrected chi connectivity index (χ0v) is 20.3. The van der Waals surface area contributed by atoms with Gasteiger partial charge in [-0.15, -0.1) is 12.4 Å². The van der Waals surface area contributed by atoms with Gasteiger partial charge in [0.25, 0.3) is 0 Å². The highest BCUT2D eigenvalue weighted by atomic mass is 35.5. The number of halogens is 1. The van der Waals surface area contributed by atoms with Crippen molar-refractivity contribution >= 4 is 41.1 Å². The second-order valence-corrected chi connectivity index (χ2v) is 8.42. The van der Waals surface area contributed by atoms with Gasteiger partial charge < -0.3 is 19.2 Å². The van der Waals surface area contributed by atoms with E-state index in [0.29, 0.717) is 45.0 Å². The van der Waals surface area contributed by atoms with Gasteiger partial charge in [0.05, 0.1) is 17.9 Å². The molecule has 1 N–H and O–H groups in total. The number of pyridine rings is 1. The fraction of sp³-hybridized carbons (Fsp3) is 0.348. The lowest BCUT2D eigenvalue weighted by molar-refractivity contribution is 0.0526. The number of phenols is 1. The van der Waals surface area contributed by atoms with Crippen LogP contribution in [0.15, 0.2) is 27.6 Å². The molecule has 0 amide bonds. The Morgan fingerprint density at radius 1 is 1.34 bits per heavy atom. The van der Waals surface area contributed by atoms with Gasteiger partial charge in [-0.1, -0.05) is 11.8 Å². The van der Waals surface area contributed by atoms with E-state index in [2.05, 4.69) is 11.1 Å². The Kier molecular flexibility index (Phi) is 8.56. The second-order valence-electron chi connectivity index (χ2n) is 7.46. The van der Waals surface area contributed by atoms with Crippen molar-refractivity contribution in [2.24, 2.45) is 0 Å². The van der Waals surface area contributed by atoms with Crippen molar-refractivity contribution in [2.75, 3.05) is 20.7 Å². The summed E-state index contributed by atoms with van der Waals surface area (Å²) in [7, 11) is 3.77. The van der Waals surface area contributed by atoms with Gasteiger partial charge in [-0.25, -0.2) is 9.78 Å². The Hall–Kier alpha value is -2.73. The van der Waals surface area contributed by atoms with Crippen LogP contribution in [-0.4, -0.2) is 41.7 Å². The maximum absolute atomic E-state index is 12.9. The molecule has 0 unspecified atom stereocenters. The highest BCUT2D eigenvalue weighted by Gasteiger charge is 2.26. The molecule has 9 heteroatoms. The molecule has 32 heavy (non-hydrogen) atoms. The molecule has 0 aliphatic carbocycles. The molecule has 0 aliphatic heterocycles. The van der Waals surface area contributed by atoms with Crippen LogP contribution in [0.3, 0.4) is 0 Å². The van der Waals surface area contributed by atoms with E-state index in [4.69, 9.17) is 9.15 Å². The molecule has 2 aromatic heterocycles. The molecule has 0 spiro atoms. The Morgan fingerprint density at radius 2 is 2.06 bits per heavy atom. The molecule has 0 bridgehead atoms. The van der Waals surface area contributed by atoms with Gasteiger partial charge in [0.15, 0.2) is 0 Å². The van der Waals surface area contributed by atoms with Crippen LogP contribution in [0.2, 0.25) is 0 Å². The number of ether oxygens (including phenoxy) is 1. The lowest BCUT2D eigenvalue weighted by Crippen LogP contribution is -2.12. The predicted octanol–water partition coefficient (Wildman–Crippen LogP) is 4.97. The van der Waals surface area contributed by atoms with Crippen molar-refractivity contribution in [3.05, 3.63) is 51.9 Å². The quantitative estimate of drug-likeness (QED) is 0.377. The zero-order chi connectivity index (χ0) is 22.7. The summed E-state index contributed by atoms with van der Waals surface area (Å²) in [6, 6.07) is 7.29. The summed E-state index contributed by atoms with van der Waals surface area (Å²) in [5.74, 6) is 0.301. The number of thioether (sulfide) groups is 1. The summed E-state index contributed by atoms with van der Waals surface area (Å²) in [5.41, 5.74) is 3.59. The summed E-state index contributed by atoms with van der Waals surface area (Å²) in [6.45, 7) is 6.14. The third-order valence-corrected chi connectivity index (χ3v) is 5.70. The molecule has 0 atom stereocenters. The molecule has 0 saturated heterocycles. The first-order chi connectivity index (χ1) is 14.8. The first kappa shape index (κ1) is 25.5. The monoisotopic (exact) mass is 475 g/mol. The standard InChI is InChI=1S/C23H25N3O4S.ClH/c1-6-29-23(28)21-19(12-31-22-15(10-24)13(2)9-14(3)25-22)30-18-8-7-17(27)16(20(18)21)11-26(4)5;/h7-9,27H,6,11-12H2,1-5H3;1H. The van der Waals surface area contributed by atoms with Gasteiger partial charge in [0, 0.05) is 23.2 Å². The number of aromatic nitrogens is 1. The molecule has 3 rings (SSSR count). The Bertz CT molecular complexity index is 1180. The topological polar surface area (TPSA) is 99.6 Å². The highest BCUT2D eigenvalue weighted by Crippen LogP contribution is 2.38. The number of hydrogen-bond donors (Lipinski definition) is 1. The maximum Gasteiger partial charge on any atom is 0.342 e. The predicted molar refractivity (Wildman–Crippen MR) is 126 cm³/mol. The number of aryl methyl sites for hydroxylation is 2. The van der Waals surface area contributed by atoms with Gasteiger partial charge in [0.2, 0.25) is 0 Å². The fourth-order valence-electron chi connectivity index (χ4n) is 3.47. The number of carbonyl (C=O) groups excluding carboxylic acids is 1. The molecular formula is C23H26ClN3O4S. The van der Waals surface area contributed by atoms with Crippen molar-refractivity contribution in [3.63, 3.8) is 0 Å². The molecule has 0 saturated carbocycles. The van der Waals surface area contributed by atoms with Gasteiger partial charge in [-0.05, 0) is 58.6 Å². The smallest absolute Gasteiger partial charge is 0.342 e. The molecule has 0 radical (unpaired) electrons. The minimum absolute atomic E-state index is 0. The molecule has 1 aromatic carbocycles. The summed E-state index contributed by atoms with van der Waals surface area (Å²) < 4.78 is 11.3. The lowest BCUT2D eigenvalue weighted by atomic mass is 10.0. The van der Waals surface area contributed by atoms with Gasteiger partial charge in [-0.3, -0.25) is 0 Å². The molecule has 3 aromatic rings. The average molecular weight is 476 g/mol. The Balaban J connectivity index is 0.00000363. The zero-order valence-electron chi connectivity index (χ0n) is 18.7. The van der Waals surface area contributed by atoms with Gasteiger partial charge >= 0.3 is 5.97 Å². The van der Waals surface area contributed by atoms with Crippen LogP contribution in [0, 0.1) is 25.2 Å².